The number of hydrogen-bond donors (Lipinski definition) is 1. The van der Waals surface area contributed by atoms with Gasteiger partial charge in [-0.2, -0.15) is 0 Å². The summed E-state index contributed by atoms with van der Waals surface area (Å²) >= 11 is 0. The van der Waals surface area contributed by atoms with Crippen LogP contribution in [0.15, 0.2) is 59.5 Å². The minimum atomic E-state index is -3.66. The Morgan fingerprint density at radius 1 is 1.00 bits per heavy atom. The summed E-state index contributed by atoms with van der Waals surface area (Å²) in [4.78, 5) is 12.0. The van der Waals surface area contributed by atoms with Gasteiger partial charge in [-0.1, -0.05) is 18.2 Å². The van der Waals surface area contributed by atoms with Crippen LogP contribution in [0.25, 0.3) is 0 Å². The van der Waals surface area contributed by atoms with Crippen molar-refractivity contribution < 1.29 is 13.2 Å². The Labute approximate surface area is 137 Å². The lowest BCUT2D eigenvalue weighted by molar-refractivity contribution is 0.0943. The number of sulfonamides is 1. The molecule has 0 heterocycles. The van der Waals surface area contributed by atoms with Crippen molar-refractivity contribution in [1.82, 2.24) is 5.32 Å². The second kappa shape index (κ2) is 6.83. The number of amides is 1. The molecular formula is C17H20N2O3S. The van der Waals surface area contributed by atoms with Gasteiger partial charge in [0.15, 0.2) is 0 Å². The van der Waals surface area contributed by atoms with Crippen molar-refractivity contribution in [2.45, 2.75) is 24.8 Å². The summed E-state index contributed by atoms with van der Waals surface area (Å²) in [6.07, 6.45) is 0. The number of nitrogens with one attached hydrogen (secondary N) is 1. The van der Waals surface area contributed by atoms with Gasteiger partial charge in [0.25, 0.3) is 15.9 Å². The molecule has 5 nitrogen and oxygen atoms in total. The third-order valence-electron chi connectivity index (χ3n) is 3.31. The molecule has 122 valence electrons. The summed E-state index contributed by atoms with van der Waals surface area (Å²) in [6, 6.07) is 14.8. The number of nitrogens with zero attached hydrogens (tertiary/aromatic N) is 1. The molecule has 2 aromatic carbocycles. The summed E-state index contributed by atoms with van der Waals surface area (Å²) in [7, 11) is -2.15. The van der Waals surface area contributed by atoms with E-state index in [2.05, 4.69) is 5.32 Å². The first-order valence-corrected chi connectivity index (χ1v) is 8.71. The maximum absolute atomic E-state index is 12.6. The van der Waals surface area contributed by atoms with Gasteiger partial charge >= 0.3 is 0 Å². The van der Waals surface area contributed by atoms with Crippen LogP contribution in [0.3, 0.4) is 0 Å². The topological polar surface area (TPSA) is 66.5 Å². The Morgan fingerprint density at radius 3 is 2.09 bits per heavy atom. The van der Waals surface area contributed by atoms with Gasteiger partial charge < -0.3 is 5.32 Å². The molecule has 1 N–H and O–H groups in total. The van der Waals surface area contributed by atoms with E-state index >= 15 is 0 Å². The Morgan fingerprint density at radius 2 is 1.57 bits per heavy atom. The van der Waals surface area contributed by atoms with Crippen molar-refractivity contribution in [2.24, 2.45) is 0 Å². The first-order chi connectivity index (χ1) is 10.8. The molecule has 0 aliphatic carbocycles. The maximum Gasteiger partial charge on any atom is 0.264 e. The van der Waals surface area contributed by atoms with Crippen LogP contribution in [0.5, 0.6) is 0 Å². The Hall–Kier alpha value is -2.34. The molecule has 0 saturated carbocycles. The molecule has 0 spiro atoms. The van der Waals surface area contributed by atoms with E-state index in [0.717, 1.165) is 0 Å². The molecule has 2 aromatic rings. The quantitative estimate of drug-likeness (QED) is 0.915. The highest BCUT2D eigenvalue weighted by Crippen LogP contribution is 2.21. The lowest BCUT2D eigenvalue weighted by Gasteiger charge is -2.19. The van der Waals surface area contributed by atoms with Crippen LogP contribution in [-0.2, 0) is 10.0 Å². The van der Waals surface area contributed by atoms with Gasteiger partial charge in [0.2, 0.25) is 0 Å². The summed E-state index contributed by atoms with van der Waals surface area (Å²) in [5.74, 6) is -0.222. The third kappa shape index (κ3) is 3.90. The van der Waals surface area contributed by atoms with Gasteiger partial charge in [-0.05, 0) is 50.2 Å². The second-order valence-corrected chi connectivity index (χ2v) is 7.43. The molecule has 0 aliphatic heterocycles. The van der Waals surface area contributed by atoms with Crippen molar-refractivity contribution in [1.29, 1.82) is 0 Å². The average Bonchev–Trinajstić information content (AvgIpc) is 2.54. The summed E-state index contributed by atoms with van der Waals surface area (Å²) in [5.41, 5.74) is 1.01. The fraction of sp³-hybridized carbons (Fsp3) is 0.235. The van der Waals surface area contributed by atoms with Crippen molar-refractivity contribution >= 4 is 21.6 Å². The van der Waals surface area contributed by atoms with Gasteiger partial charge in [0, 0.05) is 18.7 Å². The minimum absolute atomic E-state index is 0.0233. The largest absolute Gasteiger partial charge is 0.350 e. The van der Waals surface area contributed by atoms with Gasteiger partial charge in [-0.15, -0.1) is 0 Å². The number of carbonyl (C=O) groups is 1. The van der Waals surface area contributed by atoms with E-state index in [-0.39, 0.29) is 16.8 Å². The number of rotatable bonds is 5. The van der Waals surface area contributed by atoms with Crippen LogP contribution in [0.4, 0.5) is 5.69 Å². The molecule has 0 bridgehead atoms. The number of para-hydroxylation sites is 1. The molecule has 0 aliphatic rings. The number of anilines is 1. The summed E-state index contributed by atoms with van der Waals surface area (Å²) in [5, 5.41) is 2.77. The number of hydrogen-bond acceptors (Lipinski definition) is 3. The molecule has 2 rings (SSSR count). The Balaban J connectivity index is 2.26. The molecule has 0 atom stereocenters. The van der Waals surface area contributed by atoms with Crippen LogP contribution in [0.1, 0.15) is 24.2 Å². The van der Waals surface area contributed by atoms with Crippen molar-refractivity contribution in [3.8, 4) is 0 Å². The van der Waals surface area contributed by atoms with E-state index in [1.54, 1.807) is 24.3 Å². The number of benzene rings is 2. The van der Waals surface area contributed by atoms with Crippen LogP contribution in [0, 0.1) is 0 Å². The van der Waals surface area contributed by atoms with E-state index < -0.39 is 10.0 Å². The first kappa shape index (κ1) is 17.0. The zero-order chi connectivity index (χ0) is 17.0. The van der Waals surface area contributed by atoms with Gasteiger partial charge in [-0.25, -0.2) is 8.42 Å². The van der Waals surface area contributed by atoms with Crippen LogP contribution >= 0.6 is 0 Å². The molecule has 6 heteroatoms. The second-order valence-electron chi connectivity index (χ2n) is 5.46. The predicted molar refractivity (Wildman–Crippen MR) is 91.1 cm³/mol. The normalized spacial score (nSPS) is 11.3. The third-order valence-corrected chi connectivity index (χ3v) is 5.11. The highest BCUT2D eigenvalue weighted by atomic mass is 32.2. The van der Waals surface area contributed by atoms with Gasteiger partial charge in [-0.3, -0.25) is 9.10 Å². The van der Waals surface area contributed by atoms with E-state index in [9.17, 15) is 13.2 Å². The van der Waals surface area contributed by atoms with Crippen molar-refractivity contribution in [2.75, 3.05) is 11.4 Å². The van der Waals surface area contributed by atoms with Crippen molar-refractivity contribution in [3.05, 3.63) is 60.2 Å². The van der Waals surface area contributed by atoms with Gasteiger partial charge in [0.1, 0.15) is 0 Å². The smallest absolute Gasteiger partial charge is 0.264 e. The molecule has 0 radical (unpaired) electrons. The molecule has 0 fully saturated rings. The molecule has 0 saturated heterocycles. The van der Waals surface area contributed by atoms with E-state index in [1.165, 1.54) is 35.6 Å². The predicted octanol–water partition coefficient (Wildman–Crippen LogP) is 2.65. The average molecular weight is 332 g/mol. The van der Waals surface area contributed by atoms with Crippen LogP contribution < -0.4 is 9.62 Å². The highest BCUT2D eigenvalue weighted by Gasteiger charge is 2.21. The lowest BCUT2D eigenvalue weighted by Crippen LogP contribution is -2.30. The molecule has 23 heavy (non-hydrogen) atoms. The molecule has 0 unspecified atom stereocenters. The zero-order valence-electron chi connectivity index (χ0n) is 13.4. The standard InChI is InChI=1S/C17H20N2O3S/c1-13(2)18-17(20)14-9-11-16(12-10-14)23(21,22)19(3)15-7-5-4-6-8-15/h4-13H,1-3H3,(H,18,20). The Bertz CT molecular complexity index is 769. The SMILES string of the molecule is CC(C)NC(=O)c1ccc(S(=O)(=O)N(C)c2ccccc2)cc1. The van der Waals surface area contributed by atoms with Crippen molar-refractivity contribution in [3.63, 3.8) is 0 Å². The van der Waals surface area contributed by atoms with E-state index in [0.29, 0.717) is 11.3 Å². The fourth-order valence-electron chi connectivity index (χ4n) is 2.06. The summed E-state index contributed by atoms with van der Waals surface area (Å²) in [6.45, 7) is 3.73. The molecular weight excluding hydrogens is 312 g/mol. The molecule has 1 amide bonds. The van der Waals surface area contributed by atoms with E-state index in [1.807, 2.05) is 19.9 Å². The molecule has 0 aromatic heterocycles. The lowest BCUT2D eigenvalue weighted by atomic mass is 10.2. The fourth-order valence-corrected chi connectivity index (χ4v) is 3.25. The minimum Gasteiger partial charge on any atom is -0.350 e. The van der Waals surface area contributed by atoms with Gasteiger partial charge in [0.05, 0.1) is 10.6 Å². The number of carbonyl (C=O) groups excluding carboxylic acids is 1. The van der Waals surface area contributed by atoms with Crippen LogP contribution in [-0.4, -0.2) is 27.4 Å². The first-order valence-electron chi connectivity index (χ1n) is 7.27. The van der Waals surface area contributed by atoms with Crippen LogP contribution in [0.2, 0.25) is 0 Å². The summed E-state index contributed by atoms with van der Waals surface area (Å²) < 4.78 is 26.5. The highest BCUT2D eigenvalue weighted by molar-refractivity contribution is 7.92. The Kier molecular flexibility index (Phi) is 5.05. The monoisotopic (exact) mass is 332 g/mol. The maximum atomic E-state index is 12.6. The van der Waals surface area contributed by atoms with E-state index in [4.69, 9.17) is 0 Å². The zero-order valence-corrected chi connectivity index (χ0v) is 14.2.